The zero-order chi connectivity index (χ0) is 24.9. The van der Waals surface area contributed by atoms with Gasteiger partial charge in [-0.15, -0.1) is 0 Å². The summed E-state index contributed by atoms with van der Waals surface area (Å²) in [4.78, 5) is 50.6. The van der Waals surface area contributed by atoms with E-state index in [1.807, 2.05) is 37.3 Å². The summed E-state index contributed by atoms with van der Waals surface area (Å²) < 4.78 is 0. The second kappa shape index (κ2) is 10.3. The van der Waals surface area contributed by atoms with Crippen molar-refractivity contribution in [3.05, 3.63) is 84.3 Å². The van der Waals surface area contributed by atoms with Crippen molar-refractivity contribution in [1.82, 2.24) is 20.2 Å². The van der Waals surface area contributed by atoms with Gasteiger partial charge in [0.2, 0.25) is 5.91 Å². The summed E-state index contributed by atoms with van der Waals surface area (Å²) in [6.45, 7) is 1.94. The van der Waals surface area contributed by atoms with Crippen LogP contribution in [-0.2, 0) is 16.0 Å². The van der Waals surface area contributed by atoms with Crippen LogP contribution in [0.1, 0.15) is 30.5 Å². The number of hydrogen-bond acceptors (Lipinski definition) is 6. The Morgan fingerprint density at radius 2 is 1.83 bits per heavy atom. The molecule has 1 aliphatic heterocycles. The molecule has 1 saturated heterocycles. The molecule has 0 aliphatic carbocycles. The van der Waals surface area contributed by atoms with Gasteiger partial charge in [0.25, 0.3) is 5.91 Å². The van der Waals surface area contributed by atoms with Crippen molar-refractivity contribution >= 4 is 29.4 Å². The molecule has 180 valence electrons. The second-order valence-electron chi connectivity index (χ2n) is 8.48. The minimum atomic E-state index is -0.947. The van der Waals surface area contributed by atoms with E-state index in [-0.39, 0.29) is 18.4 Å². The number of urea groups is 1. The van der Waals surface area contributed by atoms with E-state index in [4.69, 9.17) is 5.73 Å². The zero-order valence-electron chi connectivity index (χ0n) is 19.7. The SMILES string of the molecule is CCC(NC(=O)N1C(=O)[C@H](Cc2ccnc(N)c2)[C@H]1C(=O)N(C)c1ccccc1)c1ccncc1. The number of para-hydroxylation sites is 1. The van der Waals surface area contributed by atoms with Gasteiger partial charge < -0.3 is 16.0 Å². The highest BCUT2D eigenvalue weighted by Crippen LogP contribution is 2.33. The molecule has 2 aromatic heterocycles. The van der Waals surface area contributed by atoms with Gasteiger partial charge in [-0.05, 0) is 60.4 Å². The van der Waals surface area contributed by atoms with E-state index < -0.39 is 23.9 Å². The number of aromatic nitrogens is 2. The molecule has 0 radical (unpaired) electrons. The van der Waals surface area contributed by atoms with Crippen LogP contribution < -0.4 is 16.0 Å². The zero-order valence-corrected chi connectivity index (χ0v) is 19.7. The average Bonchev–Trinajstić information content (AvgIpc) is 2.89. The van der Waals surface area contributed by atoms with Crippen LogP contribution in [0.2, 0.25) is 0 Å². The summed E-state index contributed by atoms with van der Waals surface area (Å²) in [7, 11) is 1.64. The van der Waals surface area contributed by atoms with E-state index in [0.29, 0.717) is 17.9 Å². The Labute approximate surface area is 204 Å². The fraction of sp³-hybridized carbons (Fsp3) is 0.269. The largest absolute Gasteiger partial charge is 0.384 e. The molecule has 1 fully saturated rings. The highest BCUT2D eigenvalue weighted by atomic mass is 16.2. The monoisotopic (exact) mass is 472 g/mol. The number of carbonyl (C=O) groups is 3. The van der Waals surface area contributed by atoms with Gasteiger partial charge in [0.1, 0.15) is 11.9 Å². The maximum absolute atomic E-state index is 13.6. The van der Waals surface area contributed by atoms with Crippen molar-refractivity contribution < 1.29 is 14.4 Å². The van der Waals surface area contributed by atoms with E-state index in [1.165, 1.54) is 4.90 Å². The molecule has 4 rings (SSSR count). The Bertz CT molecular complexity index is 1200. The molecule has 1 aromatic carbocycles. The van der Waals surface area contributed by atoms with Gasteiger partial charge in [-0.1, -0.05) is 25.1 Å². The average molecular weight is 473 g/mol. The van der Waals surface area contributed by atoms with Gasteiger partial charge in [0, 0.05) is 31.3 Å². The second-order valence-corrected chi connectivity index (χ2v) is 8.48. The summed E-state index contributed by atoms with van der Waals surface area (Å²) in [5, 5.41) is 2.91. The van der Waals surface area contributed by atoms with Crippen molar-refractivity contribution in [3.8, 4) is 0 Å². The number of nitrogen functional groups attached to an aromatic ring is 1. The molecule has 1 unspecified atom stereocenters. The molecule has 9 nitrogen and oxygen atoms in total. The van der Waals surface area contributed by atoms with Gasteiger partial charge in [-0.3, -0.25) is 19.5 Å². The number of rotatable bonds is 7. The lowest BCUT2D eigenvalue weighted by Crippen LogP contribution is -2.70. The third-order valence-electron chi connectivity index (χ3n) is 6.28. The molecule has 3 N–H and O–H groups in total. The maximum atomic E-state index is 13.6. The number of anilines is 2. The Balaban J connectivity index is 1.59. The summed E-state index contributed by atoms with van der Waals surface area (Å²) in [6, 6.07) is 14.3. The first kappa shape index (κ1) is 23.9. The topological polar surface area (TPSA) is 122 Å². The fourth-order valence-electron chi connectivity index (χ4n) is 4.34. The van der Waals surface area contributed by atoms with E-state index >= 15 is 0 Å². The smallest absolute Gasteiger partial charge is 0.325 e. The highest BCUT2D eigenvalue weighted by Gasteiger charge is 2.55. The number of nitrogens with two attached hydrogens (primary N) is 1. The summed E-state index contributed by atoms with van der Waals surface area (Å²) in [5.74, 6) is -1.10. The standard InChI is InChI=1S/C26H28N6O3/c1-3-21(18-10-12-28-13-11-18)30-26(35)32-23(25(34)31(2)19-7-5-4-6-8-19)20(24(32)33)15-17-9-14-29-22(27)16-17/h4-14,16,20-21,23H,3,15H2,1-2H3,(H2,27,29)(H,30,35)/t20-,21?,23+/m1/s1. The number of nitrogens with one attached hydrogen (secondary N) is 1. The number of nitrogens with zero attached hydrogens (tertiary/aromatic N) is 4. The third kappa shape index (κ3) is 4.98. The molecule has 9 heteroatoms. The predicted octanol–water partition coefficient (Wildman–Crippen LogP) is 2.95. The predicted molar refractivity (Wildman–Crippen MR) is 132 cm³/mol. The van der Waals surface area contributed by atoms with Gasteiger partial charge in [0.15, 0.2) is 0 Å². The molecule has 35 heavy (non-hydrogen) atoms. The van der Waals surface area contributed by atoms with Gasteiger partial charge in [0.05, 0.1) is 12.0 Å². The number of carbonyl (C=O) groups excluding carboxylic acids is 3. The Morgan fingerprint density at radius 3 is 2.49 bits per heavy atom. The van der Waals surface area contributed by atoms with Crippen LogP contribution >= 0.6 is 0 Å². The first-order chi connectivity index (χ1) is 16.9. The molecule has 3 aromatic rings. The molecular formula is C26H28N6O3. The number of likely N-dealkylation sites (N-methyl/N-ethyl adjacent to an activating group) is 1. The van der Waals surface area contributed by atoms with Gasteiger partial charge in [-0.2, -0.15) is 0 Å². The number of likely N-dealkylation sites (tertiary alicyclic amines) is 1. The van der Waals surface area contributed by atoms with Crippen LogP contribution in [0.4, 0.5) is 16.3 Å². The van der Waals surface area contributed by atoms with Crippen LogP contribution in [0.15, 0.2) is 73.2 Å². The fourth-order valence-corrected chi connectivity index (χ4v) is 4.34. The Morgan fingerprint density at radius 1 is 1.11 bits per heavy atom. The summed E-state index contributed by atoms with van der Waals surface area (Å²) >= 11 is 0. The van der Waals surface area contributed by atoms with Crippen LogP contribution in [0.25, 0.3) is 0 Å². The number of pyridine rings is 2. The van der Waals surface area contributed by atoms with Gasteiger partial charge >= 0.3 is 6.03 Å². The maximum Gasteiger partial charge on any atom is 0.325 e. The number of imide groups is 1. The van der Waals surface area contributed by atoms with Crippen LogP contribution in [0.3, 0.4) is 0 Å². The minimum absolute atomic E-state index is 0.274. The van der Waals surface area contributed by atoms with E-state index in [9.17, 15) is 14.4 Å². The molecule has 1 aliphatic rings. The molecule has 0 bridgehead atoms. The quantitative estimate of drug-likeness (QED) is 0.510. The first-order valence-electron chi connectivity index (χ1n) is 11.5. The van der Waals surface area contributed by atoms with Crippen LogP contribution in [0, 0.1) is 5.92 Å². The summed E-state index contributed by atoms with van der Waals surface area (Å²) in [6.07, 6.45) is 5.74. The lowest BCUT2D eigenvalue weighted by molar-refractivity contribution is -0.156. The van der Waals surface area contributed by atoms with Crippen molar-refractivity contribution in [2.75, 3.05) is 17.7 Å². The molecule has 0 saturated carbocycles. The lowest BCUT2D eigenvalue weighted by Gasteiger charge is -2.46. The van der Waals surface area contributed by atoms with Crippen LogP contribution in [-0.4, -0.2) is 45.8 Å². The van der Waals surface area contributed by atoms with Crippen molar-refractivity contribution in [2.45, 2.75) is 31.8 Å². The van der Waals surface area contributed by atoms with Crippen molar-refractivity contribution in [2.24, 2.45) is 5.92 Å². The normalized spacial score (nSPS) is 17.9. The van der Waals surface area contributed by atoms with Gasteiger partial charge in [-0.25, -0.2) is 9.78 Å². The number of hydrogen-bond donors (Lipinski definition) is 2. The van der Waals surface area contributed by atoms with E-state index in [1.54, 1.807) is 49.9 Å². The lowest BCUT2D eigenvalue weighted by atomic mass is 9.81. The number of β-lactam (4-membered cyclic amide) rings is 1. The number of benzene rings is 1. The first-order valence-corrected chi connectivity index (χ1v) is 11.5. The van der Waals surface area contributed by atoms with E-state index in [0.717, 1.165) is 16.0 Å². The summed E-state index contributed by atoms with van der Waals surface area (Å²) in [5.41, 5.74) is 8.12. The Kier molecular flexibility index (Phi) is 7.05. The molecular weight excluding hydrogens is 444 g/mol. The number of amides is 4. The van der Waals surface area contributed by atoms with E-state index in [2.05, 4.69) is 15.3 Å². The molecule has 3 heterocycles. The highest BCUT2D eigenvalue weighted by molar-refractivity contribution is 6.12. The van der Waals surface area contributed by atoms with Crippen molar-refractivity contribution in [3.63, 3.8) is 0 Å². The molecule has 3 atom stereocenters. The minimum Gasteiger partial charge on any atom is -0.384 e. The van der Waals surface area contributed by atoms with Crippen molar-refractivity contribution in [1.29, 1.82) is 0 Å². The molecule has 4 amide bonds. The third-order valence-corrected chi connectivity index (χ3v) is 6.28. The molecule has 0 spiro atoms. The Hall–Kier alpha value is -4.27. The van der Waals surface area contributed by atoms with Crippen LogP contribution in [0.5, 0.6) is 0 Å².